The molecule has 18 heavy (non-hydrogen) atoms. The molecule has 0 saturated heterocycles. The number of aromatic nitrogens is 1. The van der Waals surface area contributed by atoms with E-state index in [4.69, 9.17) is 14.6 Å². The molecule has 98 valence electrons. The lowest BCUT2D eigenvalue weighted by Crippen LogP contribution is -2.19. The number of pyridine rings is 1. The number of nitrogens with zero attached hydrogens (tertiary/aromatic N) is 2. The molecule has 1 heterocycles. The van der Waals surface area contributed by atoms with Gasteiger partial charge in [-0.1, -0.05) is 0 Å². The Kier molecular flexibility index (Phi) is 4.55. The number of rotatable bonds is 6. The SMILES string of the molecule is COCC(C)Oc1ncc(C(=O)O)cc1[N+](=O)[O-]. The van der Waals surface area contributed by atoms with Crippen molar-refractivity contribution in [2.45, 2.75) is 13.0 Å². The van der Waals surface area contributed by atoms with Crippen molar-refractivity contribution in [2.75, 3.05) is 13.7 Å². The smallest absolute Gasteiger partial charge is 0.337 e. The van der Waals surface area contributed by atoms with Crippen molar-refractivity contribution in [3.05, 3.63) is 27.9 Å². The maximum atomic E-state index is 10.8. The second-order valence-electron chi connectivity index (χ2n) is 3.49. The fourth-order valence-corrected chi connectivity index (χ4v) is 1.24. The summed E-state index contributed by atoms with van der Waals surface area (Å²) in [5, 5.41) is 19.5. The topological polar surface area (TPSA) is 112 Å². The van der Waals surface area contributed by atoms with Gasteiger partial charge < -0.3 is 14.6 Å². The third-order valence-corrected chi connectivity index (χ3v) is 1.99. The van der Waals surface area contributed by atoms with Crippen LogP contribution in [0.5, 0.6) is 5.88 Å². The molecule has 0 aliphatic heterocycles. The number of carbonyl (C=O) groups is 1. The first-order valence-electron chi connectivity index (χ1n) is 4.99. The standard InChI is InChI=1S/C10H12N2O6/c1-6(5-17-2)18-9-8(12(15)16)3-7(4-11-9)10(13)14/h3-4,6H,5H2,1-2H3,(H,13,14). The molecule has 0 aromatic carbocycles. The third kappa shape index (κ3) is 3.39. The Bertz CT molecular complexity index is 462. The van der Waals surface area contributed by atoms with Crippen molar-refractivity contribution in [3.8, 4) is 5.88 Å². The number of aromatic carboxylic acids is 1. The minimum atomic E-state index is -1.29. The van der Waals surface area contributed by atoms with Gasteiger partial charge in [0.1, 0.15) is 6.10 Å². The van der Waals surface area contributed by atoms with Crippen LogP contribution < -0.4 is 4.74 Å². The number of nitro groups is 1. The maximum absolute atomic E-state index is 10.8. The summed E-state index contributed by atoms with van der Waals surface area (Å²) in [5.41, 5.74) is -0.758. The van der Waals surface area contributed by atoms with Crippen LogP contribution in [0.25, 0.3) is 0 Å². The molecule has 0 spiro atoms. The summed E-state index contributed by atoms with van der Waals surface area (Å²) in [6.07, 6.45) is 0.571. The van der Waals surface area contributed by atoms with Crippen LogP contribution in [-0.4, -0.2) is 40.8 Å². The Morgan fingerprint density at radius 2 is 2.33 bits per heavy atom. The van der Waals surface area contributed by atoms with Crippen molar-refractivity contribution >= 4 is 11.7 Å². The molecule has 0 saturated carbocycles. The van der Waals surface area contributed by atoms with Crippen LogP contribution in [0.1, 0.15) is 17.3 Å². The van der Waals surface area contributed by atoms with Gasteiger partial charge in [-0.15, -0.1) is 0 Å². The molecule has 1 aromatic heterocycles. The van der Waals surface area contributed by atoms with Crippen molar-refractivity contribution < 1.29 is 24.3 Å². The maximum Gasteiger partial charge on any atom is 0.337 e. The van der Waals surface area contributed by atoms with Crippen LogP contribution >= 0.6 is 0 Å². The van der Waals surface area contributed by atoms with E-state index in [9.17, 15) is 14.9 Å². The minimum absolute atomic E-state index is 0.227. The molecule has 1 atom stereocenters. The number of carboxylic acids is 1. The van der Waals surface area contributed by atoms with E-state index in [1.165, 1.54) is 7.11 Å². The predicted molar refractivity (Wildman–Crippen MR) is 59.8 cm³/mol. The number of ether oxygens (including phenoxy) is 2. The van der Waals surface area contributed by atoms with E-state index < -0.39 is 22.7 Å². The summed E-state index contributed by atoms with van der Waals surface area (Å²) < 4.78 is 10.0. The molecule has 1 N–H and O–H groups in total. The van der Waals surface area contributed by atoms with Crippen molar-refractivity contribution in [3.63, 3.8) is 0 Å². The lowest BCUT2D eigenvalue weighted by Gasteiger charge is -2.12. The lowest BCUT2D eigenvalue weighted by atomic mass is 10.2. The Balaban J connectivity index is 3.04. The summed E-state index contributed by atoms with van der Waals surface area (Å²) >= 11 is 0. The minimum Gasteiger partial charge on any atom is -0.478 e. The molecule has 0 fully saturated rings. The first-order chi connectivity index (χ1) is 8.45. The second kappa shape index (κ2) is 5.92. The first kappa shape index (κ1) is 13.8. The fraction of sp³-hybridized carbons (Fsp3) is 0.400. The van der Waals surface area contributed by atoms with E-state index in [-0.39, 0.29) is 18.1 Å². The molecule has 0 aliphatic rings. The highest BCUT2D eigenvalue weighted by atomic mass is 16.6. The van der Waals surface area contributed by atoms with E-state index in [1.807, 2.05) is 0 Å². The quantitative estimate of drug-likeness (QED) is 0.599. The second-order valence-corrected chi connectivity index (χ2v) is 3.49. The van der Waals surface area contributed by atoms with Crippen molar-refractivity contribution in [1.29, 1.82) is 0 Å². The van der Waals surface area contributed by atoms with Crippen LogP contribution in [0.3, 0.4) is 0 Å². The van der Waals surface area contributed by atoms with Crippen LogP contribution in [0.2, 0.25) is 0 Å². The molecule has 0 bridgehead atoms. The van der Waals surface area contributed by atoms with Crippen LogP contribution in [0, 0.1) is 10.1 Å². The zero-order chi connectivity index (χ0) is 13.7. The van der Waals surface area contributed by atoms with Crippen LogP contribution in [0.4, 0.5) is 5.69 Å². The first-order valence-corrected chi connectivity index (χ1v) is 4.99. The molecule has 0 amide bonds. The van der Waals surface area contributed by atoms with Gasteiger partial charge in [-0.25, -0.2) is 9.78 Å². The Morgan fingerprint density at radius 3 is 2.83 bits per heavy atom. The monoisotopic (exact) mass is 256 g/mol. The van der Waals surface area contributed by atoms with Gasteiger partial charge in [0.15, 0.2) is 0 Å². The van der Waals surface area contributed by atoms with E-state index in [0.29, 0.717) is 0 Å². The van der Waals surface area contributed by atoms with Crippen molar-refractivity contribution in [2.24, 2.45) is 0 Å². The number of methoxy groups -OCH3 is 1. The zero-order valence-corrected chi connectivity index (χ0v) is 9.82. The summed E-state index contributed by atoms with van der Waals surface area (Å²) in [6.45, 7) is 1.89. The normalized spacial score (nSPS) is 11.9. The van der Waals surface area contributed by atoms with E-state index >= 15 is 0 Å². The predicted octanol–water partition coefficient (Wildman–Crippen LogP) is 1.10. The van der Waals surface area contributed by atoms with Gasteiger partial charge >= 0.3 is 11.7 Å². The summed E-state index contributed by atoms with van der Waals surface area (Å²) in [4.78, 5) is 24.4. The van der Waals surface area contributed by atoms with Gasteiger partial charge in [-0.05, 0) is 6.92 Å². The summed E-state index contributed by atoms with van der Waals surface area (Å²) in [7, 11) is 1.47. The van der Waals surface area contributed by atoms with E-state index in [2.05, 4.69) is 4.98 Å². The van der Waals surface area contributed by atoms with Gasteiger partial charge in [0.05, 0.1) is 17.1 Å². The largest absolute Gasteiger partial charge is 0.478 e. The average Bonchev–Trinajstić information content (AvgIpc) is 2.29. The van der Waals surface area contributed by atoms with Gasteiger partial charge in [0, 0.05) is 19.4 Å². The average molecular weight is 256 g/mol. The molecule has 8 heteroatoms. The number of hydrogen-bond acceptors (Lipinski definition) is 6. The van der Waals surface area contributed by atoms with Gasteiger partial charge in [-0.3, -0.25) is 10.1 Å². The van der Waals surface area contributed by atoms with Crippen molar-refractivity contribution in [1.82, 2.24) is 4.98 Å². The highest BCUT2D eigenvalue weighted by Crippen LogP contribution is 2.26. The molecular weight excluding hydrogens is 244 g/mol. The number of carboxylic acid groups (broad SMARTS) is 1. The molecule has 0 radical (unpaired) electrons. The Morgan fingerprint density at radius 1 is 1.67 bits per heavy atom. The third-order valence-electron chi connectivity index (χ3n) is 1.99. The van der Waals surface area contributed by atoms with Gasteiger partial charge in [0.25, 0.3) is 5.88 Å². The summed E-state index contributed by atoms with van der Waals surface area (Å²) in [5.74, 6) is -1.52. The van der Waals surface area contributed by atoms with Crippen LogP contribution in [-0.2, 0) is 4.74 Å². The zero-order valence-electron chi connectivity index (χ0n) is 9.82. The lowest BCUT2D eigenvalue weighted by molar-refractivity contribution is -0.386. The molecule has 1 rings (SSSR count). The molecule has 0 aliphatic carbocycles. The molecule has 1 unspecified atom stereocenters. The Hall–Kier alpha value is -2.22. The van der Waals surface area contributed by atoms with Crippen LogP contribution in [0.15, 0.2) is 12.3 Å². The Labute approximate surface area is 102 Å². The fourth-order valence-electron chi connectivity index (χ4n) is 1.24. The highest BCUT2D eigenvalue weighted by Gasteiger charge is 2.21. The number of hydrogen-bond donors (Lipinski definition) is 1. The summed E-state index contributed by atoms with van der Waals surface area (Å²) in [6, 6.07) is 0.907. The van der Waals surface area contributed by atoms with E-state index in [1.54, 1.807) is 6.92 Å². The van der Waals surface area contributed by atoms with Gasteiger partial charge in [-0.2, -0.15) is 0 Å². The molecule has 1 aromatic rings. The highest BCUT2D eigenvalue weighted by molar-refractivity contribution is 5.88. The molecule has 8 nitrogen and oxygen atoms in total. The molecular formula is C10H12N2O6. The van der Waals surface area contributed by atoms with Gasteiger partial charge in [0.2, 0.25) is 0 Å². The van der Waals surface area contributed by atoms with E-state index in [0.717, 1.165) is 12.3 Å².